The molecule has 174 valence electrons. The van der Waals surface area contributed by atoms with Crippen molar-refractivity contribution in [2.75, 3.05) is 17.1 Å². The lowest BCUT2D eigenvalue weighted by atomic mass is 10.0. The van der Waals surface area contributed by atoms with Crippen molar-refractivity contribution in [2.45, 2.75) is 26.2 Å². The lowest BCUT2D eigenvalue weighted by Crippen LogP contribution is -2.19. The minimum absolute atomic E-state index is 0.0212. The monoisotopic (exact) mass is 470 g/mol. The molecule has 1 N–H and O–H groups in total. The van der Waals surface area contributed by atoms with Crippen LogP contribution in [-0.2, 0) is 17.1 Å². The molecule has 1 atom stereocenters. The normalized spacial score (nSPS) is 18.4. The van der Waals surface area contributed by atoms with Crippen LogP contribution in [-0.4, -0.2) is 35.3 Å². The van der Waals surface area contributed by atoms with E-state index >= 15 is 0 Å². The van der Waals surface area contributed by atoms with Gasteiger partial charge >= 0.3 is 6.01 Å². The van der Waals surface area contributed by atoms with Gasteiger partial charge in [-0.05, 0) is 43.4 Å². The number of aromatic nitrogens is 3. The maximum Gasteiger partial charge on any atom is 0.324 e. The summed E-state index contributed by atoms with van der Waals surface area (Å²) in [6, 6.07) is 11.7. The first-order chi connectivity index (χ1) is 15.8. The van der Waals surface area contributed by atoms with Crippen LogP contribution >= 0.6 is 0 Å². The van der Waals surface area contributed by atoms with Gasteiger partial charge in [-0.3, -0.25) is 9.52 Å². The largest absolute Gasteiger partial charge is 0.493 e. The van der Waals surface area contributed by atoms with Crippen LogP contribution < -0.4 is 19.8 Å². The highest BCUT2D eigenvalue weighted by molar-refractivity contribution is 7.92. The molecule has 4 bridgehead atoms. The number of anilines is 1. The lowest BCUT2D eigenvalue weighted by Gasteiger charge is -2.15. The lowest BCUT2D eigenvalue weighted by molar-refractivity contribution is 0.277. The summed E-state index contributed by atoms with van der Waals surface area (Å²) in [4.78, 5) is 20.5. The summed E-state index contributed by atoms with van der Waals surface area (Å²) in [5.74, 6) is 1.53. The summed E-state index contributed by atoms with van der Waals surface area (Å²) in [6.45, 7) is 2.61. The minimum atomic E-state index is -3.62. The molecule has 1 aromatic carbocycles. The van der Waals surface area contributed by atoms with Crippen molar-refractivity contribution in [1.29, 1.82) is 0 Å². The van der Waals surface area contributed by atoms with E-state index in [4.69, 9.17) is 9.47 Å². The number of ether oxygens (including phenoxy) is 2. The molecular weight excluding hydrogens is 444 g/mol. The fourth-order valence-corrected chi connectivity index (χ4v) is 4.58. The van der Waals surface area contributed by atoms with Crippen molar-refractivity contribution in [2.24, 2.45) is 13.0 Å². The van der Waals surface area contributed by atoms with Crippen molar-refractivity contribution in [3.8, 4) is 28.8 Å². The number of sulfonamides is 1. The van der Waals surface area contributed by atoms with Gasteiger partial charge in [0.2, 0.25) is 15.6 Å². The number of rotatable bonds is 1. The van der Waals surface area contributed by atoms with Gasteiger partial charge in [0.25, 0.3) is 0 Å². The molecule has 0 fully saturated rings. The Morgan fingerprint density at radius 2 is 1.91 bits per heavy atom. The van der Waals surface area contributed by atoms with Gasteiger partial charge in [-0.25, -0.2) is 8.42 Å². The van der Waals surface area contributed by atoms with Crippen LogP contribution in [0, 0.1) is 5.92 Å². The molecule has 1 unspecified atom stereocenters. The fourth-order valence-electron chi connectivity index (χ4n) is 3.50. The molecule has 0 saturated heterocycles. The van der Waals surface area contributed by atoms with E-state index in [1.54, 1.807) is 37.5 Å². The molecule has 0 spiro atoms. The third-order valence-electron chi connectivity index (χ3n) is 5.35. The molecule has 4 rings (SSSR count). The van der Waals surface area contributed by atoms with E-state index in [9.17, 15) is 13.2 Å². The van der Waals surface area contributed by atoms with Gasteiger partial charge in [0.05, 0.1) is 18.1 Å². The maximum atomic E-state index is 12.7. The number of hydrogen-bond donors (Lipinski definition) is 1. The van der Waals surface area contributed by atoms with Crippen LogP contribution in [0.1, 0.15) is 26.2 Å². The highest BCUT2D eigenvalue weighted by Gasteiger charge is 2.17. The summed E-state index contributed by atoms with van der Waals surface area (Å²) >= 11 is 0. The Morgan fingerprint density at radius 3 is 2.73 bits per heavy atom. The highest BCUT2D eigenvalue weighted by atomic mass is 32.2. The van der Waals surface area contributed by atoms with Crippen molar-refractivity contribution in [3.63, 3.8) is 0 Å². The van der Waals surface area contributed by atoms with E-state index in [0.717, 1.165) is 12.8 Å². The van der Waals surface area contributed by atoms with Crippen LogP contribution in [0.2, 0.25) is 0 Å². The van der Waals surface area contributed by atoms with E-state index in [1.165, 1.54) is 16.7 Å². The van der Waals surface area contributed by atoms with Gasteiger partial charge in [0.1, 0.15) is 17.3 Å². The van der Waals surface area contributed by atoms with Gasteiger partial charge < -0.3 is 14.0 Å². The zero-order valence-electron chi connectivity index (χ0n) is 18.5. The number of hydrogen-bond acceptors (Lipinski definition) is 7. The second-order valence-electron chi connectivity index (χ2n) is 8.17. The molecule has 3 heterocycles. The van der Waals surface area contributed by atoms with Crippen molar-refractivity contribution in [3.05, 3.63) is 59.0 Å². The fraction of sp³-hybridized carbons (Fsp3) is 0.348. The van der Waals surface area contributed by atoms with Crippen LogP contribution in [0.5, 0.6) is 17.5 Å². The van der Waals surface area contributed by atoms with Gasteiger partial charge in [-0.15, -0.1) is 0 Å². The summed E-state index contributed by atoms with van der Waals surface area (Å²) in [7, 11) is -1.99. The summed E-state index contributed by atoms with van der Waals surface area (Å²) in [5, 5.41) is 0. The van der Waals surface area contributed by atoms with Crippen molar-refractivity contribution < 1.29 is 17.9 Å². The van der Waals surface area contributed by atoms with Gasteiger partial charge in [-0.1, -0.05) is 13.0 Å². The molecule has 0 saturated carbocycles. The second-order valence-corrected chi connectivity index (χ2v) is 10.0. The van der Waals surface area contributed by atoms with Crippen LogP contribution in [0.4, 0.5) is 5.82 Å². The molecule has 0 radical (unpaired) electrons. The topological polar surface area (TPSA) is 112 Å². The standard InChI is InChI=1S/C23H26N4O5S/c1-16-5-4-12-33(29,30)26-21-14-20(17-8-9-22(28)27(2)15-17)24-23(25-21)32-19-7-3-6-18(13-19)31-11-10-16/h3,6-9,13-16H,4-5,10-12H2,1-2H3,(H,24,25,26). The number of nitrogens with one attached hydrogen (secondary N) is 1. The SMILES string of the molecule is CC1CCCS(=O)(=O)Nc2cc(-c3ccc(=O)n(C)c3)nc(n2)Oc2cccc(c2)OCC1. The quantitative estimate of drug-likeness (QED) is 0.578. The third-order valence-corrected chi connectivity index (χ3v) is 6.70. The molecule has 0 aliphatic carbocycles. The number of fused-ring (bicyclic) bond motifs is 4. The Labute approximate surface area is 192 Å². The number of aryl methyl sites for hydroxylation is 1. The van der Waals surface area contributed by atoms with E-state index in [1.807, 2.05) is 6.07 Å². The number of pyridine rings is 1. The van der Waals surface area contributed by atoms with Crippen LogP contribution in [0.3, 0.4) is 0 Å². The summed E-state index contributed by atoms with van der Waals surface area (Å²) in [6.07, 6.45) is 3.73. The summed E-state index contributed by atoms with van der Waals surface area (Å²) in [5.41, 5.74) is 0.859. The van der Waals surface area contributed by atoms with E-state index in [0.29, 0.717) is 41.7 Å². The molecular formula is C23H26N4O5S. The Morgan fingerprint density at radius 1 is 1.09 bits per heavy atom. The Kier molecular flexibility index (Phi) is 6.64. The smallest absolute Gasteiger partial charge is 0.324 e. The van der Waals surface area contributed by atoms with Crippen LogP contribution in [0.25, 0.3) is 11.3 Å². The molecule has 3 aromatic rings. The predicted molar refractivity (Wildman–Crippen MR) is 125 cm³/mol. The first kappa shape index (κ1) is 22.8. The van der Waals surface area contributed by atoms with Gasteiger partial charge in [0, 0.05) is 37.0 Å². The number of nitrogens with zero attached hydrogens (tertiary/aromatic N) is 3. The molecule has 0 amide bonds. The van der Waals surface area contributed by atoms with Crippen molar-refractivity contribution in [1.82, 2.24) is 14.5 Å². The summed E-state index contributed by atoms with van der Waals surface area (Å²) < 4.78 is 41.0. The molecule has 1 aliphatic heterocycles. The molecule has 1 aliphatic rings. The average molecular weight is 471 g/mol. The predicted octanol–water partition coefficient (Wildman–Crippen LogP) is 3.58. The Balaban J connectivity index is 1.76. The zero-order valence-corrected chi connectivity index (χ0v) is 19.3. The Hall–Kier alpha value is -3.40. The maximum absolute atomic E-state index is 12.7. The Bertz CT molecular complexity index is 1310. The molecule has 2 aromatic heterocycles. The zero-order chi connectivity index (χ0) is 23.4. The van der Waals surface area contributed by atoms with Crippen LogP contribution in [0.15, 0.2) is 53.5 Å². The first-order valence-corrected chi connectivity index (χ1v) is 12.4. The van der Waals surface area contributed by atoms with Gasteiger partial charge in [-0.2, -0.15) is 9.97 Å². The third kappa shape index (κ3) is 6.10. The average Bonchev–Trinajstić information content (AvgIpc) is 2.75. The second kappa shape index (κ2) is 9.62. The van der Waals surface area contributed by atoms with E-state index < -0.39 is 10.0 Å². The van der Waals surface area contributed by atoms with Crippen molar-refractivity contribution >= 4 is 15.8 Å². The van der Waals surface area contributed by atoms with E-state index in [2.05, 4.69) is 21.6 Å². The van der Waals surface area contributed by atoms with Gasteiger partial charge in [0.15, 0.2) is 0 Å². The highest BCUT2D eigenvalue weighted by Crippen LogP contribution is 2.28. The van der Waals surface area contributed by atoms with E-state index in [-0.39, 0.29) is 23.1 Å². The number of benzene rings is 1. The minimum Gasteiger partial charge on any atom is -0.493 e. The molecule has 10 heteroatoms. The molecule has 9 nitrogen and oxygen atoms in total. The first-order valence-electron chi connectivity index (χ1n) is 10.7. The molecule has 33 heavy (non-hydrogen) atoms.